The number of aromatic nitrogens is 2. The fraction of sp³-hybridized carbons (Fsp3) is 0.280. The monoisotopic (exact) mass is 484 g/mol. The van der Waals surface area contributed by atoms with E-state index >= 15 is 0 Å². The molecule has 8 heteroatoms. The molecular formula is C25H26Cl2N4O2. The van der Waals surface area contributed by atoms with Crippen LogP contribution in [-0.2, 0) is 11.4 Å². The number of hydrogen-bond acceptors (Lipinski definition) is 5. The van der Waals surface area contributed by atoms with Gasteiger partial charge in [-0.25, -0.2) is 4.98 Å². The van der Waals surface area contributed by atoms with Crippen molar-refractivity contribution >= 4 is 51.9 Å². The molecule has 3 aromatic rings. The van der Waals surface area contributed by atoms with E-state index in [1.165, 1.54) is 6.92 Å². The van der Waals surface area contributed by atoms with Crippen molar-refractivity contribution < 1.29 is 9.53 Å². The Hall–Kier alpha value is -2.96. The third-order valence-electron chi connectivity index (χ3n) is 5.00. The zero-order valence-electron chi connectivity index (χ0n) is 19.2. The summed E-state index contributed by atoms with van der Waals surface area (Å²) in [5.74, 6) is 0.452. The van der Waals surface area contributed by atoms with E-state index in [1.54, 1.807) is 18.5 Å². The van der Waals surface area contributed by atoms with Gasteiger partial charge in [0.15, 0.2) is 0 Å². The Balaban J connectivity index is 2.05. The number of hydrogen-bond donors (Lipinski definition) is 1. The van der Waals surface area contributed by atoms with Crippen LogP contribution in [0.2, 0.25) is 5.02 Å². The van der Waals surface area contributed by atoms with Crippen LogP contribution in [0.25, 0.3) is 16.6 Å². The van der Waals surface area contributed by atoms with Crippen molar-refractivity contribution in [3.63, 3.8) is 0 Å². The van der Waals surface area contributed by atoms with Crippen LogP contribution in [-0.4, -0.2) is 22.1 Å². The molecule has 0 saturated heterocycles. The number of pyridine rings is 2. The highest BCUT2D eigenvalue weighted by Crippen LogP contribution is 2.34. The van der Waals surface area contributed by atoms with Gasteiger partial charge in [0.05, 0.1) is 22.5 Å². The topological polar surface area (TPSA) is 76.5 Å². The second-order valence-corrected chi connectivity index (χ2v) is 8.57. The molecule has 2 aromatic heterocycles. The smallest absolute Gasteiger partial charge is 0.217 e. The Morgan fingerprint density at radius 1 is 1.30 bits per heavy atom. The number of aliphatic imine (C=N–C) groups is 1. The van der Waals surface area contributed by atoms with Gasteiger partial charge in [-0.15, -0.1) is 0 Å². The Morgan fingerprint density at radius 3 is 2.73 bits per heavy atom. The first kappa shape index (κ1) is 24.7. The molecule has 3 rings (SSSR count). The molecule has 172 valence electrons. The number of nitrogens with zero attached hydrogens (tertiary/aromatic N) is 3. The average Bonchev–Trinajstić information content (AvgIpc) is 2.75. The summed E-state index contributed by atoms with van der Waals surface area (Å²) in [5, 5.41) is 4.83. The summed E-state index contributed by atoms with van der Waals surface area (Å²) in [6, 6.07) is 9.09. The number of ether oxygens (including phenoxy) is 1. The van der Waals surface area contributed by atoms with Crippen LogP contribution >= 0.6 is 23.2 Å². The summed E-state index contributed by atoms with van der Waals surface area (Å²) < 4.78 is 6.21. The van der Waals surface area contributed by atoms with Crippen molar-refractivity contribution in [2.45, 2.75) is 47.3 Å². The van der Waals surface area contributed by atoms with Crippen LogP contribution in [0.5, 0.6) is 5.75 Å². The molecule has 1 amide bonds. The van der Waals surface area contributed by atoms with Crippen molar-refractivity contribution in [3.05, 3.63) is 69.1 Å². The number of halogens is 2. The van der Waals surface area contributed by atoms with Gasteiger partial charge in [-0.1, -0.05) is 35.3 Å². The number of carbonyl (C=O) groups excluding carboxylic acids is 1. The molecule has 0 aliphatic heterocycles. The maximum absolute atomic E-state index is 11.5. The number of nitrogens with one attached hydrogen (secondary N) is 1. The van der Waals surface area contributed by atoms with Gasteiger partial charge in [0.25, 0.3) is 0 Å². The number of carbonyl (C=O) groups is 1. The van der Waals surface area contributed by atoms with Crippen LogP contribution in [0.3, 0.4) is 0 Å². The van der Waals surface area contributed by atoms with Gasteiger partial charge in [0.1, 0.15) is 17.9 Å². The van der Waals surface area contributed by atoms with Gasteiger partial charge < -0.3 is 10.1 Å². The van der Waals surface area contributed by atoms with Gasteiger partial charge in [-0.05, 0) is 45.9 Å². The predicted octanol–water partition coefficient (Wildman–Crippen LogP) is 6.39. The second-order valence-electron chi connectivity index (χ2n) is 7.60. The molecule has 1 unspecified atom stereocenters. The first-order chi connectivity index (χ1) is 15.7. The quantitative estimate of drug-likeness (QED) is 0.394. The van der Waals surface area contributed by atoms with Crippen molar-refractivity contribution in [2.75, 3.05) is 0 Å². The number of benzene rings is 1. The molecule has 2 heterocycles. The molecule has 0 aliphatic carbocycles. The Bertz CT molecular complexity index is 1250. The fourth-order valence-corrected chi connectivity index (χ4v) is 4.02. The molecule has 0 fully saturated rings. The van der Waals surface area contributed by atoms with Crippen LogP contribution < -0.4 is 10.1 Å². The summed E-state index contributed by atoms with van der Waals surface area (Å²) in [6.07, 6.45) is 3.33. The highest BCUT2D eigenvalue weighted by molar-refractivity contribution is 6.32. The van der Waals surface area contributed by atoms with Gasteiger partial charge in [0, 0.05) is 46.6 Å². The molecule has 1 N–H and O–H groups in total. The summed E-state index contributed by atoms with van der Waals surface area (Å²) >= 11 is 12.8. The highest BCUT2D eigenvalue weighted by atomic mass is 35.5. The van der Waals surface area contributed by atoms with Crippen molar-refractivity contribution in [1.29, 1.82) is 0 Å². The summed E-state index contributed by atoms with van der Waals surface area (Å²) in [7, 11) is 0. The lowest BCUT2D eigenvalue weighted by molar-refractivity contribution is -0.119. The first-order valence-electron chi connectivity index (χ1n) is 10.5. The second kappa shape index (κ2) is 10.8. The maximum Gasteiger partial charge on any atom is 0.217 e. The zero-order valence-corrected chi connectivity index (χ0v) is 20.8. The molecule has 0 aliphatic rings. The van der Waals surface area contributed by atoms with Crippen molar-refractivity contribution in [2.24, 2.45) is 4.99 Å². The first-order valence-corrected chi connectivity index (χ1v) is 11.3. The minimum absolute atomic E-state index is 0.148. The summed E-state index contributed by atoms with van der Waals surface area (Å²) in [4.78, 5) is 25.1. The molecule has 0 radical (unpaired) electrons. The van der Waals surface area contributed by atoms with Crippen molar-refractivity contribution in [1.82, 2.24) is 15.3 Å². The molecule has 0 bridgehead atoms. The lowest BCUT2D eigenvalue weighted by Crippen LogP contribution is -2.25. The predicted molar refractivity (Wildman–Crippen MR) is 135 cm³/mol. The largest absolute Gasteiger partial charge is 0.486 e. The van der Waals surface area contributed by atoms with E-state index in [4.69, 9.17) is 32.9 Å². The Morgan fingerprint density at radius 2 is 2.06 bits per heavy atom. The maximum atomic E-state index is 11.5. The third-order valence-corrected chi connectivity index (χ3v) is 5.54. The molecule has 1 aromatic carbocycles. The van der Waals surface area contributed by atoms with E-state index in [1.807, 2.05) is 52.0 Å². The van der Waals surface area contributed by atoms with E-state index in [2.05, 4.69) is 15.3 Å². The van der Waals surface area contributed by atoms with Crippen LogP contribution in [0.15, 0.2) is 46.6 Å². The molecule has 33 heavy (non-hydrogen) atoms. The standard InChI is InChI=1S/C25H26Cl2N4O2/c1-6-28-23(15(3)26)19-12-14(2)30-25-18(19)8-7-9-22(25)33-13-20-21(27)10-11-29-24(20)16(4)31-17(5)32/h6-12,16H,13H2,1-5H3,(H,31,32)/b23-15+,28-6?. The third kappa shape index (κ3) is 5.70. The summed E-state index contributed by atoms with van der Waals surface area (Å²) in [5.41, 5.74) is 4.45. The van der Waals surface area contributed by atoms with E-state index in [9.17, 15) is 4.79 Å². The van der Waals surface area contributed by atoms with Gasteiger partial charge in [0.2, 0.25) is 5.91 Å². The van der Waals surface area contributed by atoms with Crippen LogP contribution in [0.1, 0.15) is 56.3 Å². The molecule has 6 nitrogen and oxygen atoms in total. The van der Waals surface area contributed by atoms with Gasteiger partial charge in [-0.3, -0.25) is 14.8 Å². The van der Waals surface area contributed by atoms with Crippen LogP contribution in [0.4, 0.5) is 0 Å². The van der Waals surface area contributed by atoms with E-state index in [0.29, 0.717) is 38.3 Å². The molecule has 0 spiro atoms. The minimum atomic E-state index is -0.314. The number of allylic oxidation sites excluding steroid dienone is 1. The fourth-order valence-electron chi connectivity index (χ4n) is 3.66. The molecule has 0 saturated carbocycles. The number of rotatable bonds is 7. The number of para-hydroxylation sites is 1. The van der Waals surface area contributed by atoms with E-state index in [-0.39, 0.29) is 18.6 Å². The molecule has 1 atom stereocenters. The van der Waals surface area contributed by atoms with Crippen molar-refractivity contribution in [3.8, 4) is 5.75 Å². The van der Waals surface area contributed by atoms with Gasteiger partial charge in [-0.2, -0.15) is 0 Å². The molecular weight excluding hydrogens is 459 g/mol. The number of fused-ring (bicyclic) bond motifs is 1. The lowest BCUT2D eigenvalue weighted by Gasteiger charge is -2.18. The van der Waals surface area contributed by atoms with E-state index < -0.39 is 0 Å². The minimum Gasteiger partial charge on any atom is -0.486 e. The SMILES string of the molecule is CC=N/C(=C(\C)Cl)c1cc(C)nc2c(OCc3c(Cl)ccnc3C(C)NC(C)=O)cccc12. The highest BCUT2D eigenvalue weighted by Gasteiger charge is 2.18. The summed E-state index contributed by atoms with van der Waals surface area (Å²) in [6.45, 7) is 9.07. The zero-order chi connectivity index (χ0) is 24.1. The van der Waals surface area contributed by atoms with Crippen LogP contribution in [0, 0.1) is 6.92 Å². The normalized spacial score (nSPS) is 13.2. The Kier molecular flexibility index (Phi) is 8.06. The lowest BCUT2D eigenvalue weighted by atomic mass is 10.0. The van der Waals surface area contributed by atoms with E-state index in [0.717, 1.165) is 16.6 Å². The average molecular weight is 485 g/mol. The van der Waals surface area contributed by atoms with Gasteiger partial charge >= 0.3 is 0 Å². The Labute approximate surface area is 203 Å². The number of amides is 1. The number of aryl methyl sites for hydroxylation is 1.